The van der Waals surface area contributed by atoms with Gasteiger partial charge >= 0.3 is 0 Å². The summed E-state index contributed by atoms with van der Waals surface area (Å²) in [5.41, 5.74) is 0. The Morgan fingerprint density at radius 3 is 2.94 bits per heavy atom. The van der Waals surface area contributed by atoms with Crippen molar-refractivity contribution in [3.05, 3.63) is 0 Å². The molecule has 4 heteroatoms. The summed E-state index contributed by atoms with van der Waals surface area (Å²) in [6, 6.07) is 1.01. The molecule has 0 aliphatic carbocycles. The number of ether oxygens (including phenoxy) is 2. The van der Waals surface area contributed by atoms with Crippen molar-refractivity contribution < 1.29 is 9.47 Å². The van der Waals surface area contributed by atoms with E-state index in [0.717, 1.165) is 45.9 Å². The molecule has 0 spiro atoms. The smallest absolute Gasteiger partial charge is 0.0628 e. The van der Waals surface area contributed by atoms with Gasteiger partial charge in [-0.05, 0) is 13.0 Å². The lowest BCUT2D eigenvalue weighted by Gasteiger charge is -2.37. The first kappa shape index (κ1) is 13.9. The molecule has 4 nitrogen and oxygen atoms in total. The van der Waals surface area contributed by atoms with Gasteiger partial charge in [-0.2, -0.15) is 0 Å². The van der Waals surface area contributed by atoms with Gasteiger partial charge < -0.3 is 14.8 Å². The standard InChI is InChI=1S/C12H26N2O2/c1-4-12-10-16-7-6-14(12)8-11(9-15-3)13-5-2/h11-13H,4-10H2,1-3H3. The van der Waals surface area contributed by atoms with Gasteiger partial charge in [0.1, 0.15) is 0 Å². The number of nitrogens with zero attached hydrogens (tertiary/aromatic N) is 1. The molecule has 1 N–H and O–H groups in total. The maximum absolute atomic E-state index is 5.51. The maximum Gasteiger partial charge on any atom is 0.0628 e. The van der Waals surface area contributed by atoms with Crippen LogP contribution in [-0.4, -0.2) is 63.5 Å². The van der Waals surface area contributed by atoms with Crippen LogP contribution in [0.25, 0.3) is 0 Å². The summed E-state index contributed by atoms with van der Waals surface area (Å²) in [7, 11) is 1.76. The zero-order chi connectivity index (χ0) is 11.8. The van der Waals surface area contributed by atoms with E-state index in [9.17, 15) is 0 Å². The molecule has 1 heterocycles. The van der Waals surface area contributed by atoms with Crippen molar-refractivity contribution in [3.8, 4) is 0 Å². The van der Waals surface area contributed by atoms with Crippen molar-refractivity contribution in [1.82, 2.24) is 10.2 Å². The molecule has 0 aromatic carbocycles. The highest BCUT2D eigenvalue weighted by molar-refractivity contribution is 4.79. The Hall–Kier alpha value is -0.160. The van der Waals surface area contributed by atoms with Crippen LogP contribution < -0.4 is 5.32 Å². The molecule has 0 aromatic rings. The van der Waals surface area contributed by atoms with E-state index >= 15 is 0 Å². The second-order valence-electron chi connectivity index (χ2n) is 4.34. The number of nitrogens with one attached hydrogen (secondary N) is 1. The molecule has 0 bridgehead atoms. The molecular formula is C12H26N2O2. The second kappa shape index (κ2) is 8.01. The van der Waals surface area contributed by atoms with Crippen molar-refractivity contribution >= 4 is 0 Å². The van der Waals surface area contributed by atoms with E-state index in [2.05, 4.69) is 24.1 Å². The summed E-state index contributed by atoms with van der Waals surface area (Å²) in [4.78, 5) is 2.52. The number of rotatable bonds is 7. The first-order valence-electron chi connectivity index (χ1n) is 6.35. The van der Waals surface area contributed by atoms with E-state index in [4.69, 9.17) is 9.47 Å². The lowest BCUT2D eigenvalue weighted by Crippen LogP contribution is -2.52. The molecule has 1 rings (SSSR count). The van der Waals surface area contributed by atoms with Crippen LogP contribution >= 0.6 is 0 Å². The third-order valence-corrected chi connectivity index (χ3v) is 3.14. The van der Waals surface area contributed by atoms with Crippen LogP contribution in [0.3, 0.4) is 0 Å². The maximum atomic E-state index is 5.51. The van der Waals surface area contributed by atoms with Gasteiger partial charge in [0.25, 0.3) is 0 Å². The van der Waals surface area contributed by atoms with Crippen molar-refractivity contribution in [2.24, 2.45) is 0 Å². The van der Waals surface area contributed by atoms with Gasteiger partial charge in [0, 0.05) is 32.3 Å². The largest absolute Gasteiger partial charge is 0.383 e. The van der Waals surface area contributed by atoms with Gasteiger partial charge in [0.15, 0.2) is 0 Å². The van der Waals surface area contributed by atoms with Crippen molar-refractivity contribution in [1.29, 1.82) is 0 Å². The summed E-state index contributed by atoms with van der Waals surface area (Å²) in [5.74, 6) is 0. The van der Waals surface area contributed by atoms with E-state index < -0.39 is 0 Å². The Morgan fingerprint density at radius 1 is 1.50 bits per heavy atom. The van der Waals surface area contributed by atoms with Crippen molar-refractivity contribution in [2.75, 3.05) is 46.6 Å². The molecule has 0 radical (unpaired) electrons. The first-order chi connectivity index (χ1) is 7.81. The molecule has 0 saturated carbocycles. The Kier molecular flexibility index (Phi) is 6.96. The topological polar surface area (TPSA) is 33.7 Å². The number of hydrogen-bond donors (Lipinski definition) is 1. The zero-order valence-corrected chi connectivity index (χ0v) is 10.9. The summed E-state index contributed by atoms with van der Waals surface area (Å²) in [6.45, 7) is 9.99. The molecule has 1 fully saturated rings. The molecule has 1 aliphatic rings. The lowest BCUT2D eigenvalue weighted by molar-refractivity contribution is -0.0164. The Bertz CT molecular complexity index is 172. The summed E-state index contributed by atoms with van der Waals surface area (Å²) in [5, 5.41) is 3.47. The summed E-state index contributed by atoms with van der Waals surface area (Å²) < 4.78 is 10.8. The molecule has 1 aliphatic heterocycles. The minimum atomic E-state index is 0.433. The van der Waals surface area contributed by atoms with Gasteiger partial charge in [0.05, 0.1) is 19.8 Å². The van der Waals surface area contributed by atoms with E-state index in [1.54, 1.807) is 7.11 Å². The van der Waals surface area contributed by atoms with Gasteiger partial charge in [-0.25, -0.2) is 0 Å². The van der Waals surface area contributed by atoms with Crippen LogP contribution in [-0.2, 0) is 9.47 Å². The number of methoxy groups -OCH3 is 1. The van der Waals surface area contributed by atoms with Gasteiger partial charge in [0.2, 0.25) is 0 Å². The predicted octanol–water partition coefficient (Wildman–Crippen LogP) is 0.722. The normalized spacial score (nSPS) is 24.6. The molecule has 16 heavy (non-hydrogen) atoms. The molecule has 2 unspecified atom stereocenters. The minimum absolute atomic E-state index is 0.433. The van der Waals surface area contributed by atoms with Crippen molar-refractivity contribution in [3.63, 3.8) is 0 Å². The SMILES string of the molecule is CCNC(COC)CN1CCOCC1CC. The zero-order valence-electron chi connectivity index (χ0n) is 10.9. The minimum Gasteiger partial charge on any atom is -0.383 e. The molecule has 1 saturated heterocycles. The molecule has 0 amide bonds. The van der Waals surface area contributed by atoms with Crippen LogP contribution in [0.2, 0.25) is 0 Å². The third-order valence-electron chi connectivity index (χ3n) is 3.14. The predicted molar refractivity (Wildman–Crippen MR) is 65.8 cm³/mol. The molecule has 2 atom stereocenters. The van der Waals surface area contributed by atoms with E-state index in [-0.39, 0.29) is 0 Å². The van der Waals surface area contributed by atoms with Gasteiger partial charge in [-0.3, -0.25) is 4.90 Å². The van der Waals surface area contributed by atoms with Crippen LogP contribution in [0.1, 0.15) is 20.3 Å². The van der Waals surface area contributed by atoms with Crippen LogP contribution in [0.15, 0.2) is 0 Å². The second-order valence-corrected chi connectivity index (χ2v) is 4.34. The lowest BCUT2D eigenvalue weighted by atomic mass is 10.1. The number of likely N-dealkylation sites (N-methyl/N-ethyl adjacent to an activating group) is 1. The van der Waals surface area contributed by atoms with E-state index in [1.165, 1.54) is 0 Å². The fourth-order valence-electron chi connectivity index (χ4n) is 2.25. The fraction of sp³-hybridized carbons (Fsp3) is 1.00. The average Bonchev–Trinajstić information content (AvgIpc) is 2.30. The monoisotopic (exact) mass is 230 g/mol. The quantitative estimate of drug-likeness (QED) is 0.699. The first-order valence-corrected chi connectivity index (χ1v) is 6.35. The Morgan fingerprint density at radius 2 is 2.31 bits per heavy atom. The van der Waals surface area contributed by atoms with Gasteiger partial charge in [-0.15, -0.1) is 0 Å². The molecular weight excluding hydrogens is 204 g/mol. The summed E-state index contributed by atoms with van der Waals surface area (Å²) in [6.07, 6.45) is 1.16. The van der Waals surface area contributed by atoms with Crippen molar-refractivity contribution in [2.45, 2.75) is 32.4 Å². The molecule has 0 aromatic heterocycles. The highest BCUT2D eigenvalue weighted by Gasteiger charge is 2.23. The van der Waals surface area contributed by atoms with Crippen LogP contribution in [0.5, 0.6) is 0 Å². The number of hydrogen-bond acceptors (Lipinski definition) is 4. The summed E-state index contributed by atoms with van der Waals surface area (Å²) >= 11 is 0. The average molecular weight is 230 g/mol. The Balaban J connectivity index is 2.40. The van der Waals surface area contributed by atoms with Crippen LogP contribution in [0, 0.1) is 0 Å². The number of morpholine rings is 1. The third kappa shape index (κ3) is 4.37. The van der Waals surface area contributed by atoms with E-state index in [1.807, 2.05) is 0 Å². The van der Waals surface area contributed by atoms with E-state index in [0.29, 0.717) is 12.1 Å². The Labute approximate surface area is 99.3 Å². The highest BCUT2D eigenvalue weighted by Crippen LogP contribution is 2.10. The fourth-order valence-corrected chi connectivity index (χ4v) is 2.25. The highest BCUT2D eigenvalue weighted by atomic mass is 16.5. The van der Waals surface area contributed by atoms with Gasteiger partial charge in [-0.1, -0.05) is 13.8 Å². The molecule has 96 valence electrons. The van der Waals surface area contributed by atoms with Crippen LogP contribution in [0.4, 0.5) is 0 Å².